The van der Waals surface area contributed by atoms with Gasteiger partial charge >= 0.3 is 0 Å². The van der Waals surface area contributed by atoms with Crippen molar-refractivity contribution < 1.29 is 14.6 Å². The maximum Gasteiger partial charge on any atom is 0.273 e. The third kappa shape index (κ3) is 3.47. The molecule has 7 heteroatoms. The van der Waals surface area contributed by atoms with Crippen LogP contribution in [0.4, 0.5) is 0 Å². The molecule has 1 saturated heterocycles. The highest BCUT2D eigenvalue weighted by atomic mass is 16.5. The van der Waals surface area contributed by atoms with Gasteiger partial charge in [-0.05, 0) is 36.8 Å². The smallest absolute Gasteiger partial charge is 0.273 e. The molecule has 2 aromatic rings. The zero-order chi connectivity index (χ0) is 18.7. The number of aliphatic hydroxyl groups excluding tert-OH is 1. The molecule has 2 heterocycles. The summed E-state index contributed by atoms with van der Waals surface area (Å²) in [6.07, 6.45) is 2.66. The molecule has 0 unspecified atom stereocenters. The zero-order valence-corrected chi connectivity index (χ0v) is 14.6. The Labute approximate surface area is 150 Å². The van der Waals surface area contributed by atoms with Gasteiger partial charge in [0.2, 0.25) is 5.43 Å². The van der Waals surface area contributed by atoms with Crippen LogP contribution in [0.1, 0.15) is 34.5 Å². The van der Waals surface area contributed by atoms with E-state index in [1.54, 1.807) is 7.05 Å². The minimum Gasteiger partial charge on any atom is -0.384 e. The number of hydrogen-bond acceptors (Lipinski definition) is 5. The van der Waals surface area contributed by atoms with Gasteiger partial charge in [0.25, 0.3) is 5.91 Å². The minimum absolute atomic E-state index is 0.310. The Balaban J connectivity index is 2.23. The molecule has 1 aliphatic rings. The lowest BCUT2D eigenvalue weighted by molar-refractivity contribution is 0.0665. The van der Waals surface area contributed by atoms with E-state index in [-0.39, 0.29) is 12.3 Å². The SMILES string of the molecule is Cn1nc(C(N)=O)c(=O)c2c(C#CCO)c(CC3CCOCC3)ccc21. The van der Waals surface area contributed by atoms with Crippen LogP contribution in [0.5, 0.6) is 0 Å². The number of nitrogens with zero attached hydrogens (tertiary/aromatic N) is 2. The lowest BCUT2D eigenvalue weighted by Crippen LogP contribution is -2.27. The molecular weight excluding hydrogens is 334 g/mol. The first-order valence-corrected chi connectivity index (χ1v) is 8.53. The molecule has 1 amide bonds. The van der Waals surface area contributed by atoms with Crippen molar-refractivity contribution in [3.63, 3.8) is 0 Å². The number of carbonyl (C=O) groups is 1. The molecule has 0 bridgehead atoms. The van der Waals surface area contributed by atoms with E-state index in [4.69, 9.17) is 15.6 Å². The van der Waals surface area contributed by atoms with E-state index < -0.39 is 11.3 Å². The molecule has 3 N–H and O–H groups in total. The van der Waals surface area contributed by atoms with Gasteiger partial charge in [-0.3, -0.25) is 14.3 Å². The van der Waals surface area contributed by atoms with E-state index in [0.29, 0.717) is 22.4 Å². The first kappa shape index (κ1) is 18.1. The summed E-state index contributed by atoms with van der Waals surface area (Å²) in [5.74, 6) is 5.10. The van der Waals surface area contributed by atoms with Gasteiger partial charge in [-0.2, -0.15) is 5.10 Å². The molecular formula is C19H21N3O4. The number of fused-ring (bicyclic) bond motifs is 1. The Morgan fingerprint density at radius 3 is 2.81 bits per heavy atom. The summed E-state index contributed by atoms with van der Waals surface area (Å²) >= 11 is 0. The van der Waals surface area contributed by atoms with Crippen LogP contribution in [0.15, 0.2) is 16.9 Å². The van der Waals surface area contributed by atoms with Crippen LogP contribution in [0.2, 0.25) is 0 Å². The van der Waals surface area contributed by atoms with Crippen molar-refractivity contribution in [3.05, 3.63) is 39.2 Å². The van der Waals surface area contributed by atoms with Gasteiger partial charge in [0.1, 0.15) is 6.61 Å². The quantitative estimate of drug-likeness (QED) is 0.772. The van der Waals surface area contributed by atoms with Crippen LogP contribution in [-0.4, -0.2) is 40.6 Å². The van der Waals surface area contributed by atoms with E-state index in [0.717, 1.165) is 38.0 Å². The van der Waals surface area contributed by atoms with Crippen LogP contribution in [0, 0.1) is 17.8 Å². The first-order valence-electron chi connectivity index (χ1n) is 8.53. The minimum atomic E-state index is -0.872. The van der Waals surface area contributed by atoms with E-state index in [2.05, 4.69) is 16.9 Å². The summed E-state index contributed by atoms with van der Waals surface area (Å²) in [5, 5.41) is 13.4. The van der Waals surface area contributed by atoms with Gasteiger partial charge < -0.3 is 15.6 Å². The topological polar surface area (TPSA) is 107 Å². The lowest BCUT2D eigenvalue weighted by Gasteiger charge is -2.23. The molecule has 0 aliphatic carbocycles. The largest absolute Gasteiger partial charge is 0.384 e. The molecule has 1 fully saturated rings. The van der Waals surface area contributed by atoms with Crippen molar-refractivity contribution in [3.8, 4) is 11.8 Å². The molecule has 136 valence electrons. The Bertz CT molecular complexity index is 963. The summed E-state index contributed by atoms with van der Waals surface area (Å²) in [6, 6.07) is 3.75. The molecule has 1 aromatic carbocycles. The number of amides is 1. The number of aromatic nitrogens is 2. The van der Waals surface area contributed by atoms with Crippen molar-refractivity contribution in [2.24, 2.45) is 18.7 Å². The second kappa shape index (κ2) is 7.68. The maximum atomic E-state index is 12.8. The number of benzene rings is 1. The van der Waals surface area contributed by atoms with E-state index >= 15 is 0 Å². The van der Waals surface area contributed by atoms with Gasteiger partial charge in [0.05, 0.1) is 10.9 Å². The maximum absolute atomic E-state index is 12.8. The summed E-state index contributed by atoms with van der Waals surface area (Å²) in [7, 11) is 1.65. The number of hydrogen-bond donors (Lipinski definition) is 2. The highest BCUT2D eigenvalue weighted by Gasteiger charge is 2.21. The van der Waals surface area contributed by atoms with E-state index in [1.165, 1.54) is 4.68 Å². The highest BCUT2D eigenvalue weighted by Crippen LogP contribution is 2.25. The Morgan fingerprint density at radius 1 is 1.42 bits per heavy atom. The fraction of sp³-hybridized carbons (Fsp3) is 0.421. The zero-order valence-electron chi connectivity index (χ0n) is 14.6. The summed E-state index contributed by atoms with van der Waals surface area (Å²) in [6.45, 7) is 1.14. The number of aryl methyl sites for hydroxylation is 1. The average Bonchev–Trinajstić information content (AvgIpc) is 2.64. The molecule has 1 aliphatic heterocycles. The second-order valence-corrected chi connectivity index (χ2v) is 6.38. The fourth-order valence-electron chi connectivity index (χ4n) is 3.37. The number of aliphatic hydroxyl groups is 1. The lowest BCUT2D eigenvalue weighted by atomic mass is 9.89. The Kier molecular flexibility index (Phi) is 5.35. The van der Waals surface area contributed by atoms with Crippen LogP contribution in [0.25, 0.3) is 10.9 Å². The van der Waals surface area contributed by atoms with E-state index in [9.17, 15) is 9.59 Å². The van der Waals surface area contributed by atoms with Gasteiger partial charge in [0.15, 0.2) is 5.69 Å². The summed E-state index contributed by atoms with van der Waals surface area (Å²) < 4.78 is 6.86. The Morgan fingerprint density at radius 2 is 2.15 bits per heavy atom. The monoisotopic (exact) mass is 355 g/mol. The molecule has 0 saturated carbocycles. The van der Waals surface area contributed by atoms with Gasteiger partial charge in [-0.1, -0.05) is 17.9 Å². The predicted octanol–water partition coefficient (Wildman–Crippen LogP) is 0.345. The second-order valence-electron chi connectivity index (χ2n) is 6.38. The van der Waals surface area contributed by atoms with Crippen LogP contribution >= 0.6 is 0 Å². The molecule has 1 aromatic heterocycles. The van der Waals surface area contributed by atoms with Crippen LogP contribution < -0.4 is 11.2 Å². The number of ether oxygens (including phenoxy) is 1. The highest BCUT2D eigenvalue weighted by molar-refractivity contribution is 5.96. The van der Waals surface area contributed by atoms with Crippen molar-refractivity contribution in [2.45, 2.75) is 19.3 Å². The van der Waals surface area contributed by atoms with Gasteiger partial charge in [-0.25, -0.2) is 0 Å². The van der Waals surface area contributed by atoms with Crippen molar-refractivity contribution in [2.75, 3.05) is 19.8 Å². The van der Waals surface area contributed by atoms with Crippen LogP contribution in [-0.2, 0) is 18.2 Å². The normalized spacial score (nSPS) is 14.8. The number of carbonyl (C=O) groups excluding carboxylic acids is 1. The molecule has 0 spiro atoms. The van der Waals surface area contributed by atoms with Crippen molar-refractivity contribution >= 4 is 16.8 Å². The molecule has 26 heavy (non-hydrogen) atoms. The van der Waals surface area contributed by atoms with E-state index in [1.807, 2.05) is 12.1 Å². The van der Waals surface area contributed by atoms with Crippen LogP contribution in [0.3, 0.4) is 0 Å². The van der Waals surface area contributed by atoms with Crippen molar-refractivity contribution in [1.82, 2.24) is 9.78 Å². The standard InChI is InChI=1S/C19H21N3O4/c1-22-15-5-4-13(11-12-6-9-26-10-7-12)14(3-2-8-23)16(15)18(24)17(21-22)19(20)25/h4-5,12,23H,6-11H2,1H3,(H2,20,25). The molecule has 0 radical (unpaired) electrons. The van der Waals surface area contributed by atoms with Gasteiger partial charge in [0, 0.05) is 25.8 Å². The predicted molar refractivity (Wildman–Crippen MR) is 96.7 cm³/mol. The fourth-order valence-corrected chi connectivity index (χ4v) is 3.37. The van der Waals surface area contributed by atoms with Gasteiger partial charge in [-0.15, -0.1) is 0 Å². The Hall–Kier alpha value is -2.69. The first-order chi connectivity index (χ1) is 12.5. The molecule has 3 rings (SSSR count). The van der Waals surface area contributed by atoms with Crippen molar-refractivity contribution in [1.29, 1.82) is 0 Å². The third-order valence-corrected chi connectivity index (χ3v) is 4.69. The third-order valence-electron chi connectivity index (χ3n) is 4.69. The number of nitrogens with two attached hydrogens (primary N) is 1. The summed E-state index contributed by atoms with van der Waals surface area (Å²) in [5.41, 5.74) is 6.50. The molecule has 7 nitrogen and oxygen atoms in total. The number of primary amides is 1. The summed E-state index contributed by atoms with van der Waals surface area (Å²) in [4.78, 5) is 24.4. The molecule has 0 atom stereocenters. The average molecular weight is 355 g/mol. The number of rotatable bonds is 3.